The molecule has 0 heterocycles. The largest absolute Gasteiger partial charge is 0.378 e. The van der Waals surface area contributed by atoms with Crippen LogP contribution in [0.4, 0.5) is 28.4 Å². The van der Waals surface area contributed by atoms with Crippen molar-refractivity contribution in [1.29, 1.82) is 0 Å². The smallest absolute Gasteiger partial charge is 0.0482 e. The van der Waals surface area contributed by atoms with Gasteiger partial charge in [-0.1, -0.05) is 23.8 Å². The second-order valence-electron chi connectivity index (χ2n) is 7.45. The molecule has 0 N–H and O–H groups in total. The van der Waals surface area contributed by atoms with E-state index >= 15 is 0 Å². The van der Waals surface area contributed by atoms with Gasteiger partial charge >= 0.3 is 0 Å². The number of anilines is 5. The van der Waals surface area contributed by atoms with E-state index in [1.54, 1.807) is 0 Å². The van der Waals surface area contributed by atoms with Crippen LogP contribution in [0.25, 0.3) is 0 Å². The first kappa shape index (κ1) is 18.8. The molecular formula is C24H29N3. The van der Waals surface area contributed by atoms with Gasteiger partial charge in [-0.2, -0.15) is 0 Å². The Morgan fingerprint density at radius 2 is 1.00 bits per heavy atom. The van der Waals surface area contributed by atoms with Crippen molar-refractivity contribution in [2.24, 2.45) is 0 Å². The molecule has 3 heteroatoms. The van der Waals surface area contributed by atoms with Crippen LogP contribution in [-0.4, -0.2) is 28.2 Å². The van der Waals surface area contributed by atoms with Gasteiger partial charge in [-0.05, 0) is 67.9 Å². The van der Waals surface area contributed by atoms with Gasteiger partial charge in [0.25, 0.3) is 0 Å². The first-order valence-corrected chi connectivity index (χ1v) is 9.29. The molecule has 0 unspecified atom stereocenters. The van der Waals surface area contributed by atoms with Crippen molar-refractivity contribution < 1.29 is 0 Å². The molecule has 3 rings (SSSR count). The molecule has 0 spiro atoms. The lowest BCUT2D eigenvalue weighted by molar-refractivity contribution is 1.11. The number of benzene rings is 3. The molecule has 140 valence electrons. The molecule has 0 saturated carbocycles. The zero-order valence-corrected chi connectivity index (χ0v) is 17.2. The predicted octanol–water partition coefficient (Wildman–Crippen LogP) is 5.91. The summed E-state index contributed by atoms with van der Waals surface area (Å²) < 4.78 is 0. The van der Waals surface area contributed by atoms with E-state index in [2.05, 4.69) is 123 Å². The maximum absolute atomic E-state index is 2.31. The second kappa shape index (κ2) is 7.75. The van der Waals surface area contributed by atoms with E-state index in [1.165, 1.54) is 22.5 Å². The van der Waals surface area contributed by atoms with Crippen molar-refractivity contribution >= 4 is 28.4 Å². The van der Waals surface area contributed by atoms with Crippen LogP contribution in [0, 0.1) is 13.8 Å². The lowest BCUT2D eigenvalue weighted by Crippen LogP contribution is -2.14. The van der Waals surface area contributed by atoms with Crippen molar-refractivity contribution in [3.8, 4) is 0 Å². The Kier molecular flexibility index (Phi) is 5.41. The van der Waals surface area contributed by atoms with Crippen molar-refractivity contribution in [2.75, 3.05) is 42.9 Å². The van der Waals surface area contributed by atoms with E-state index in [1.807, 2.05) is 0 Å². The molecule has 3 aromatic rings. The van der Waals surface area contributed by atoms with Crippen LogP contribution in [-0.2, 0) is 0 Å². The van der Waals surface area contributed by atoms with Crippen LogP contribution in [0.1, 0.15) is 11.1 Å². The highest BCUT2D eigenvalue weighted by Gasteiger charge is 2.14. The van der Waals surface area contributed by atoms with Crippen LogP contribution in [0.2, 0.25) is 0 Å². The first-order chi connectivity index (χ1) is 12.9. The minimum Gasteiger partial charge on any atom is -0.378 e. The fourth-order valence-electron chi connectivity index (χ4n) is 3.26. The van der Waals surface area contributed by atoms with Gasteiger partial charge in [0.2, 0.25) is 0 Å². The summed E-state index contributed by atoms with van der Waals surface area (Å²) in [7, 11) is 8.31. The highest BCUT2D eigenvalue weighted by molar-refractivity contribution is 5.79. The minimum absolute atomic E-state index is 1.15. The van der Waals surface area contributed by atoms with Gasteiger partial charge in [0, 0.05) is 56.6 Å². The summed E-state index contributed by atoms with van der Waals surface area (Å²) in [6.07, 6.45) is 0. The molecule has 0 atom stereocenters. The maximum atomic E-state index is 2.31. The summed E-state index contributed by atoms with van der Waals surface area (Å²) >= 11 is 0. The van der Waals surface area contributed by atoms with Crippen molar-refractivity contribution in [3.05, 3.63) is 77.9 Å². The monoisotopic (exact) mass is 359 g/mol. The topological polar surface area (TPSA) is 9.72 Å². The summed E-state index contributed by atoms with van der Waals surface area (Å²) in [5.74, 6) is 0. The zero-order chi connectivity index (χ0) is 19.6. The summed E-state index contributed by atoms with van der Waals surface area (Å²) in [4.78, 5) is 6.60. The summed E-state index contributed by atoms with van der Waals surface area (Å²) in [6.45, 7) is 4.28. The Morgan fingerprint density at radius 1 is 0.519 bits per heavy atom. The second-order valence-corrected chi connectivity index (χ2v) is 7.45. The number of nitrogens with zero attached hydrogens (tertiary/aromatic N) is 3. The van der Waals surface area contributed by atoms with E-state index in [0.29, 0.717) is 0 Å². The SMILES string of the molecule is Cc1ccc(N(c2ccc(N(C)C)cc2)c2ccc(C)c(N(C)C)c2)cc1. The fraction of sp³-hybridized carbons (Fsp3) is 0.250. The normalized spacial score (nSPS) is 10.6. The van der Waals surface area contributed by atoms with E-state index in [-0.39, 0.29) is 0 Å². The van der Waals surface area contributed by atoms with Crippen molar-refractivity contribution in [1.82, 2.24) is 0 Å². The van der Waals surface area contributed by atoms with Gasteiger partial charge in [0.1, 0.15) is 0 Å². The minimum atomic E-state index is 1.15. The average Bonchev–Trinajstić information content (AvgIpc) is 2.65. The fourth-order valence-corrected chi connectivity index (χ4v) is 3.26. The van der Waals surface area contributed by atoms with E-state index in [0.717, 1.165) is 17.1 Å². The molecule has 0 radical (unpaired) electrons. The van der Waals surface area contributed by atoms with E-state index in [4.69, 9.17) is 0 Å². The molecule has 0 aliphatic rings. The molecule has 0 aliphatic carbocycles. The summed E-state index contributed by atoms with van der Waals surface area (Å²) in [5.41, 5.74) is 8.43. The van der Waals surface area contributed by atoms with Crippen LogP contribution in [0.3, 0.4) is 0 Å². The van der Waals surface area contributed by atoms with Gasteiger partial charge < -0.3 is 14.7 Å². The summed E-state index contributed by atoms with van der Waals surface area (Å²) in [5, 5.41) is 0. The Balaban J connectivity index is 2.13. The molecule has 3 aromatic carbocycles. The average molecular weight is 360 g/mol. The molecular weight excluding hydrogens is 330 g/mol. The number of hydrogen-bond acceptors (Lipinski definition) is 3. The third-order valence-electron chi connectivity index (χ3n) is 4.85. The molecule has 0 aromatic heterocycles. The van der Waals surface area contributed by atoms with Gasteiger partial charge in [-0.25, -0.2) is 0 Å². The van der Waals surface area contributed by atoms with Crippen LogP contribution in [0.15, 0.2) is 66.7 Å². The Morgan fingerprint density at radius 3 is 1.52 bits per heavy atom. The lowest BCUT2D eigenvalue weighted by Gasteiger charge is -2.28. The maximum Gasteiger partial charge on any atom is 0.0482 e. The molecule has 27 heavy (non-hydrogen) atoms. The van der Waals surface area contributed by atoms with Crippen LogP contribution in [0.5, 0.6) is 0 Å². The van der Waals surface area contributed by atoms with Gasteiger partial charge in [-0.3, -0.25) is 0 Å². The highest BCUT2D eigenvalue weighted by Crippen LogP contribution is 2.37. The third-order valence-corrected chi connectivity index (χ3v) is 4.85. The van der Waals surface area contributed by atoms with Gasteiger partial charge in [0.05, 0.1) is 0 Å². The number of hydrogen-bond donors (Lipinski definition) is 0. The zero-order valence-electron chi connectivity index (χ0n) is 17.2. The van der Waals surface area contributed by atoms with Crippen molar-refractivity contribution in [2.45, 2.75) is 13.8 Å². The Bertz CT molecular complexity index is 894. The number of rotatable bonds is 5. The molecule has 0 bridgehead atoms. The molecule has 0 aliphatic heterocycles. The van der Waals surface area contributed by atoms with E-state index < -0.39 is 0 Å². The van der Waals surface area contributed by atoms with Gasteiger partial charge in [-0.15, -0.1) is 0 Å². The van der Waals surface area contributed by atoms with Gasteiger partial charge in [0.15, 0.2) is 0 Å². The Hall–Kier alpha value is -2.94. The first-order valence-electron chi connectivity index (χ1n) is 9.29. The molecule has 0 saturated heterocycles. The standard InChI is InChI=1S/C24H29N3/c1-18-7-10-21(11-8-18)27(22-15-13-20(14-16-22)25(3)4)23-12-9-19(2)24(17-23)26(5)6/h7-17H,1-6H3. The summed E-state index contributed by atoms with van der Waals surface area (Å²) in [6, 6.07) is 24.0. The molecule has 3 nitrogen and oxygen atoms in total. The highest BCUT2D eigenvalue weighted by atomic mass is 15.1. The molecule has 0 fully saturated rings. The molecule has 0 amide bonds. The number of aryl methyl sites for hydroxylation is 2. The third kappa shape index (κ3) is 4.08. The van der Waals surface area contributed by atoms with Crippen LogP contribution < -0.4 is 14.7 Å². The quantitative estimate of drug-likeness (QED) is 0.561. The lowest BCUT2D eigenvalue weighted by atomic mass is 10.1. The predicted molar refractivity (Wildman–Crippen MR) is 119 cm³/mol. The van der Waals surface area contributed by atoms with E-state index in [9.17, 15) is 0 Å². The van der Waals surface area contributed by atoms with Crippen molar-refractivity contribution in [3.63, 3.8) is 0 Å². The van der Waals surface area contributed by atoms with Crippen LogP contribution >= 0.6 is 0 Å². The Labute approximate surface area is 163 Å².